The SMILES string of the molecule is COC[C@@H](N)c1c(F)cccc1F. The van der Waals surface area contributed by atoms with E-state index in [1.165, 1.54) is 25.3 Å². The second-order valence-electron chi connectivity index (χ2n) is 2.70. The third-order valence-corrected chi connectivity index (χ3v) is 1.72. The fourth-order valence-electron chi connectivity index (χ4n) is 1.13. The van der Waals surface area contributed by atoms with Gasteiger partial charge in [-0.15, -0.1) is 0 Å². The third kappa shape index (κ3) is 2.23. The van der Waals surface area contributed by atoms with Gasteiger partial charge in [0, 0.05) is 12.7 Å². The highest BCUT2D eigenvalue weighted by Gasteiger charge is 2.15. The molecule has 0 radical (unpaired) electrons. The lowest BCUT2D eigenvalue weighted by molar-refractivity contribution is 0.178. The smallest absolute Gasteiger partial charge is 0.130 e. The Morgan fingerprint density at radius 2 is 1.92 bits per heavy atom. The number of methoxy groups -OCH3 is 1. The Hall–Kier alpha value is -1.00. The van der Waals surface area contributed by atoms with Gasteiger partial charge >= 0.3 is 0 Å². The van der Waals surface area contributed by atoms with Crippen LogP contribution in [0, 0.1) is 11.6 Å². The molecule has 0 saturated heterocycles. The maximum Gasteiger partial charge on any atom is 0.130 e. The fourth-order valence-corrected chi connectivity index (χ4v) is 1.13. The molecule has 1 rings (SSSR count). The molecule has 0 saturated carbocycles. The molecule has 0 spiro atoms. The lowest BCUT2D eigenvalue weighted by Crippen LogP contribution is -2.19. The van der Waals surface area contributed by atoms with Gasteiger partial charge < -0.3 is 10.5 Å². The number of benzene rings is 1. The molecule has 0 fully saturated rings. The lowest BCUT2D eigenvalue weighted by atomic mass is 10.1. The average molecular weight is 187 g/mol. The lowest BCUT2D eigenvalue weighted by Gasteiger charge is -2.12. The van der Waals surface area contributed by atoms with Gasteiger partial charge in [-0.2, -0.15) is 0 Å². The van der Waals surface area contributed by atoms with Crippen LogP contribution in [-0.2, 0) is 4.74 Å². The van der Waals surface area contributed by atoms with E-state index >= 15 is 0 Å². The van der Waals surface area contributed by atoms with Crippen molar-refractivity contribution in [2.45, 2.75) is 6.04 Å². The van der Waals surface area contributed by atoms with Crippen LogP contribution in [0.3, 0.4) is 0 Å². The van der Waals surface area contributed by atoms with Gasteiger partial charge in [0.1, 0.15) is 11.6 Å². The molecule has 0 aliphatic carbocycles. The summed E-state index contributed by atoms with van der Waals surface area (Å²) >= 11 is 0. The van der Waals surface area contributed by atoms with Crippen molar-refractivity contribution < 1.29 is 13.5 Å². The van der Waals surface area contributed by atoms with Crippen LogP contribution < -0.4 is 5.73 Å². The van der Waals surface area contributed by atoms with Crippen molar-refractivity contribution in [2.75, 3.05) is 13.7 Å². The highest BCUT2D eigenvalue weighted by molar-refractivity contribution is 5.22. The minimum absolute atomic E-state index is 0.0951. The Morgan fingerprint density at radius 1 is 1.38 bits per heavy atom. The Kier molecular flexibility index (Phi) is 3.33. The number of hydrogen-bond donors (Lipinski definition) is 1. The van der Waals surface area contributed by atoms with Crippen molar-refractivity contribution >= 4 is 0 Å². The van der Waals surface area contributed by atoms with E-state index in [2.05, 4.69) is 0 Å². The predicted molar refractivity (Wildman–Crippen MR) is 45.2 cm³/mol. The summed E-state index contributed by atoms with van der Waals surface area (Å²) in [6, 6.07) is 2.89. The third-order valence-electron chi connectivity index (χ3n) is 1.72. The van der Waals surface area contributed by atoms with Gasteiger partial charge in [-0.3, -0.25) is 0 Å². The summed E-state index contributed by atoms with van der Waals surface area (Å²) in [5.41, 5.74) is 5.38. The van der Waals surface area contributed by atoms with E-state index in [-0.39, 0.29) is 12.2 Å². The first kappa shape index (κ1) is 10.1. The second kappa shape index (κ2) is 4.30. The van der Waals surface area contributed by atoms with Crippen molar-refractivity contribution in [3.63, 3.8) is 0 Å². The highest BCUT2D eigenvalue weighted by atomic mass is 19.1. The van der Waals surface area contributed by atoms with E-state index in [0.29, 0.717) is 0 Å². The Labute approximate surface area is 75.3 Å². The molecular formula is C9H11F2NO. The van der Waals surface area contributed by atoms with Crippen molar-refractivity contribution in [1.82, 2.24) is 0 Å². The van der Waals surface area contributed by atoms with Crippen LogP contribution in [0.4, 0.5) is 8.78 Å². The average Bonchev–Trinajstić information content (AvgIpc) is 2.04. The van der Waals surface area contributed by atoms with Crippen molar-refractivity contribution in [3.8, 4) is 0 Å². The van der Waals surface area contributed by atoms with Gasteiger partial charge in [0.05, 0.1) is 12.6 Å². The molecule has 0 bridgehead atoms. The first-order valence-corrected chi connectivity index (χ1v) is 3.85. The molecule has 1 atom stereocenters. The van der Waals surface area contributed by atoms with Gasteiger partial charge in [0.2, 0.25) is 0 Å². The maximum absolute atomic E-state index is 13.0. The summed E-state index contributed by atoms with van der Waals surface area (Å²) in [4.78, 5) is 0. The molecule has 0 aromatic heterocycles. The molecule has 1 aromatic carbocycles. The number of ether oxygens (including phenoxy) is 1. The Bertz CT molecular complexity index is 271. The van der Waals surface area contributed by atoms with E-state index in [1.54, 1.807) is 0 Å². The summed E-state index contributed by atoms with van der Waals surface area (Å²) in [5, 5.41) is 0. The maximum atomic E-state index is 13.0. The van der Waals surface area contributed by atoms with Crippen molar-refractivity contribution in [1.29, 1.82) is 0 Å². The van der Waals surface area contributed by atoms with Gasteiger partial charge in [-0.25, -0.2) is 8.78 Å². The first-order chi connectivity index (χ1) is 6.16. The standard InChI is InChI=1S/C9H11F2NO/c1-13-5-8(12)9-6(10)3-2-4-7(9)11/h2-4,8H,5,12H2,1H3/t8-/m1/s1. The quantitative estimate of drug-likeness (QED) is 0.780. The number of rotatable bonds is 3. The minimum Gasteiger partial charge on any atom is -0.383 e. The summed E-state index contributed by atoms with van der Waals surface area (Å²) in [6.07, 6.45) is 0. The van der Waals surface area contributed by atoms with Crippen LogP contribution in [-0.4, -0.2) is 13.7 Å². The second-order valence-corrected chi connectivity index (χ2v) is 2.70. The number of nitrogens with two attached hydrogens (primary N) is 1. The molecular weight excluding hydrogens is 176 g/mol. The molecule has 13 heavy (non-hydrogen) atoms. The molecule has 2 N–H and O–H groups in total. The summed E-state index contributed by atoms with van der Waals surface area (Å²) in [6.45, 7) is 0.0951. The van der Waals surface area contributed by atoms with Crippen LogP contribution in [0.25, 0.3) is 0 Å². The van der Waals surface area contributed by atoms with E-state index in [9.17, 15) is 8.78 Å². The van der Waals surface area contributed by atoms with Gasteiger partial charge in [-0.1, -0.05) is 6.07 Å². The Morgan fingerprint density at radius 3 is 2.38 bits per heavy atom. The van der Waals surface area contributed by atoms with Crippen LogP contribution >= 0.6 is 0 Å². The van der Waals surface area contributed by atoms with E-state index in [1.807, 2.05) is 0 Å². The van der Waals surface area contributed by atoms with Gasteiger partial charge in [0.25, 0.3) is 0 Å². The monoisotopic (exact) mass is 187 g/mol. The summed E-state index contributed by atoms with van der Waals surface area (Å²) in [7, 11) is 1.43. The molecule has 0 unspecified atom stereocenters. The molecule has 2 nitrogen and oxygen atoms in total. The molecule has 1 aromatic rings. The normalized spacial score (nSPS) is 12.9. The first-order valence-electron chi connectivity index (χ1n) is 3.85. The van der Waals surface area contributed by atoms with Crippen LogP contribution in [0.1, 0.15) is 11.6 Å². The zero-order chi connectivity index (χ0) is 9.84. The van der Waals surface area contributed by atoms with Gasteiger partial charge in [-0.05, 0) is 12.1 Å². The largest absolute Gasteiger partial charge is 0.383 e. The molecule has 0 amide bonds. The Balaban J connectivity index is 2.98. The van der Waals surface area contributed by atoms with Crippen molar-refractivity contribution in [3.05, 3.63) is 35.4 Å². The van der Waals surface area contributed by atoms with Crippen LogP contribution in [0.5, 0.6) is 0 Å². The molecule has 0 aliphatic rings. The molecule has 0 heterocycles. The summed E-state index contributed by atoms with van der Waals surface area (Å²) < 4.78 is 30.8. The fraction of sp³-hybridized carbons (Fsp3) is 0.333. The van der Waals surface area contributed by atoms with E-state index < -0.39 is 17.7 Å². The highest BCUT2D eigenvalue weighted by Crippen LogP contribution is 2.18. The van der Waals surface area contributed by atoms with E-state index in [0.717, 1.165) is 0 Å². The minimum atomic E-state index is -0.758. The topological polar surface area (TPSA) is 35.2 Å². The summed E-state index contributed by atoms with van der Waals surface area (Å²) in [5.74, 6) is -1.27. The molecule has 72 valence electrons. The molecule has 0 aliphatic heterocycles. The zero-order valence-corrected chi connectivity index (χ0v) is 7.26. The number of hydrogen-bond acceptors (Lipinski definition) is 2. The van der Waals surface area contributed by atoms with E-state index in [4.69, 9.17) is 10.5 Å². The predicted octanol–water partition coefficient (Wildman–Crippen LogP) is 1.61. The molecule has 4 heteroatoms. The zero-order valence-electron chi connectivity index (χ0n) is 7.26. The van der Waals surface area contributed by atoms with Gasteiger partial charge in [0.15, 0.2) is 0 Å². The van der Waals surface area contributed by atoms with Crippen molar-refractivity contribution in [2.24, 2.45) is 5.73 Å². The van der Waals surface area contributed by atoms with Crippen LogP contribution in [0.2, 0.25) is 0 Å². The number of halogens is 2. The van der Waals surface area contributed by atoms with Crippen LogP contribution in [0.15, 0.2) is 18.2 Å².